The number of carbonyl (C=O) groups excluding carboxylic acids is 1. The first-order valence-corrected chi connectivity index (χ1v) is 3.29. The summed E-state index contributed by atoms with van der Waals surface area (Å²) in [5.41, 5.74) is 0. The summed E-state index contributed by atoms with van der Waals surface area (Å²) in [6.07, 6.45) is -3.56. The molecule has 0 aromatic heterocycles. The predicted molar refractivity (Wildman–Crippen MR) is 34.5 cm³/mol. The molecule has 0 aliphatic heterocycles. The van der Waals surface area contributed by atoms with Crippen molar-refractivity contribution >= 4 is 12.3 Å². The molecule has 0 aromatic rings. The van der Waals surface area contributed by atoms with Crippen LogP contribution in [0.15, 0.2) is 0 Å². The van der Waals surface area contributed by atoms with E-state index in [1.807, 2.05) is 0 Å². The molecule has 0 aliphatic carbocycles. The standard InChI is InChI=1S/C6H10O6/c1-2-4(12-6(9)10)3-11-5(7)8/h4H,2-3H2,1H3,(H,7,8)(H,9,10)/p-1. The van der Waals surface area contributed by atoms with Gasteiger partial charge >= 0.3 is 6.16 Å². The average Bonchev–Trinajstić information content (AvgIpc) is 1.97. The normalized spacial score (nSPS) is 11.8. The van der Waals surface area contributed by atoms with Crippen LogP contribution in [-0.4, -0.2) is 30.1 Å². The largest absolute Gasteiger partial charge is 0.546 e. The van der Waals surface area contributed by atoms with Crippen LogP contribution < -0.4 is 5.11 Å². The van der Waals surface area contributed by atoms with E-state index >= 15 is 0 Å². The van der Waals surface area contributed by atoms with E-state index in [9.17, 15) is 14.7 Å². The van der Waals surface area contributed by atoms with Gasteiger partial charge in [-0.1, -0.05) is 6.92 Å². The molecule has 0 bridgehead atoms. The molecule has 0 radical (unpaired) electrons. The number of ether oxygens (including phenoxy) is 2. The molecule has 1 unspecified atom stereocenters. The molecule has 0 amide bonds. The summed E-state index contributed by atoms with van der Waals surface area (Å²) < 4.78 is 8.26. The van der Waals surface area contributed by atoms with E-state index in [-0.39, 0.29) is 6.61 Å². The highest BCUT2D eigenvalue weighted by Crippen LogP contribution is 1.98. The van der Waals surface area contributed by atoms with Gasteiger partial charge in [0.2, 0.25) is 0 Å². The molecule has 0 fully saturated rings. The van der Waals surface area contributed by atoms with Crippen LogP contribution in [0.3, 0.4) is 0 Å². The van der Waals surface area contributed by atoms with Crippen molar-refractivity contribution in [1.29, 1.82) is 0 Å². The Labute approximate surface area is 68.7 Å². The van der Waals surface area contributed by atoms with Gasteiger partial charge in [-0.15, -0.1) is 0 Å². The third-order valence-corrected chi connectivity index (χ3v) is 1.11. The van der Waals surface area contributed by atoms with E-state index in [1.54, 1.807) is 6.92 Å². The third kappa shape index (κ3) is 5.33. The van der Waals surface area contributed by atoms with Gasteiger partial charge in [0.25, 0.3) is 6.16 Å². The molecule has 1 N–H and O–H groups in total. The molecule has 0 saturated carbocycles. The van der Waals surface area contributed by atoms with Gasteiger partial charge < -0.3 is 24.5 Å². The maximum absolute atomic E-state index is 9.97. The molecule has 0 aromatic carbocycles. The zero-order valence-electron chi connectivity index (χ0n) is 6.48. The Balaban J connectivity index is 3.67. The van der Waals surface area contributed by atoms with Crippen LogP contribution in [-0.2, 0) is 9.47 Å². The maximum Gasteiger partial charge on any atom is 0.506 e. The number of hydrogen-bond acceptors (Lipinski definition) is 5. The van der Waals surface area contributed by atoms with E-state index in [2.05, 4.69) is 9.47 Å². The number of hydrogen-bond donors (Lipinski definition) is 1. The molecular weight excluding hydrogens is 168 g/mol. The first kappa shape index (κ1) is 10.5. The van der Waals surface area contributed by atoms with E-state index in [0.717, 1.165) is 0 Å². The van der Waals surface area contributed by atoms with E-state index < -0.39 is 18.4 Å². The number of carboxylic acid groups (broad SMARTS) is 2. The second kappa shape index (κ2) is 5.22. The van der Waals surface area contributed by atoms with Gasteiger partial charge in [0.15, 0.2) is 0 Å². The lowest BCUT2D eigenvalue weighted by Crippen LogP contribution is -2.30. The van der Waals surface area contributed by atoms with Crippen LogP contribution in [0, 0.1) is 0 Å². The quantitative estimate of drug-likeness (QED) is 0.598. The van der Waals surface area contributed by atoms with Crippen molar-refractivity contribution in [3.05, 3.63) is 0 Å². The molecular formula is C6H9O6-. The van der Waals surface area contributed by atoms with E-state index in [4.69, 9.17) is 5.11 Å². The minimum atomic E-state index is -1.69. The topological polar surface area (TPSA) is 95.9 Å². The SMILES string of the molecule is CCC(COC(=O)[O-])OC(=O)O. The second-order valence-corrected chi connectivity index (χ2v) is 1.98. The molecule has 1 atom stereocenters. The molecule has 0 rings (SSSR count). The van der Waals surface area contributed by atoms with E-state index in [0.29, 0.717) is 6.42 Å². The van der Waals surface area contributed by atoms with Crippen LogP contribution in [0.1, 0.15) is 13.3 Å². The van der Waals surface area contributed by atoms with Gasteiger partial charge in [0.1, 0.15) is 6.10 Å². The van der Waals surface area contributed by atoms with Crippen LogP contribution in [0.25, 0.3) is 0 Å². The summed E-state index contributed by atoms with van der Waals surface area (Å²) in [5.74, 6) is 0. The van der Waals surface area contributed by atoms with Crippen molar-refractivity contribution in [3.63, 3.8) is 0 Å². The van der Waals surface area contributed by atoms with Gasteiger partial charge in [0.05, 0.1) is 6.61 Å². The van der Waals surface area contributed by atoms with Crippen LogP contribution in [0.2, 0.25) is 0 Å². The molecule has 6 heteroatoms. The molecule has 0 saturated heterocycles. The predicted octanol–water partition coefficient (Wildman–Crippen LogP) is -0.180. The highest BCUT2D eigenvalue weighted by atomic mass is 16.7. The highest BCUT2D eigenvalue weighted by molar-refractivity contribution is 5.57. The Hall–Kier alpha value is -1.46. The van der Waals surface area contributed by atoms with Crippen LogP contribution >= 0.6 is 0 Å². The minimum Gasteiger partial charge on any atom is -0.546 e. The summed E-state index contributed by atoms with van der Waals surface area (Å²) in [4.78, 5) is 19.7. The van der Waals surface area contributed by atoms with Crippen molar-refractivity contribution in [2.24, 2.45) is 0 Å². The molecule has 0 aliphatic rings. The number of rotatable bonds is 4. The van der Waals surface area contributed by atoms with Gasteiger partial charge in [0, 0.05) is 0 Å². The highest BCUT2D eigenvalue weighted by Gasteiger charge is 2.09. The Kier molecular flexibility index (Phi) is 4.59. The maximum atomic E-state index is 9.97. The first-order valence-electron chi connectivity index (χ1n) is 3.29. The monoisotopic (exact) mass is 177 g/mol. The Morgan fingerprint density at radius 1 is 1.58 bits per heavy atom. The second-order valence-electron chi connectivity index (χ2n) is 1.98. The van der Waals surface area contributed by atoms with Crippen LogP contribution in [0.5, 0.6) is 0 Å². The Morgan fingerprint density at radius 3 is 2.50 bits per heavy atom. The summed E-state index contributed by atoms with van der Waals surface area (Å²) in [5, 5.41) is 17.9. The van der Waals surface area contributed by atoms with E-state index in [1.165, 1.54) is 0 Å². The van der Waals surface area contributed by atoms with Crippen molar-refractivity contribution in [2.75, 3.05) is 6.61 Å². The fourth-order valence-electron chi connectivity index (χ4n) is 0.539. The smallest absolute Gasteiger partial charge is 0.506 e. The minimum absolute atomic E-state index is 0.328. The fourth-order valence-corrected chi connectivity index (χ4v) is 0.539. The lowest BCUT2D eigenvalue weighted by molar-refractivity contribution is -0.284. The lowest BCUT2D eigenvalue weighted by atomic mass is 10.3. The van der Waals surface area contributed by atoms with Gasteiger partial charge in [-0.25, -0.2) is 4.79 Å². The summed E-state index contributed by atoms with van der Waals surface area (Å²) in [6, 6.07) is 0. The van der Waals surface area contributed by atoms with Crippen LogP contribution in [0.4, 0.5) is 9.59 Å². The van der Waals surface area contributed by atoms with Crippen molar-refractivity contribution in [1.82, 2.24) is 0 Å². The van der Waals surface area contributed by atoms with Gasteiger partial charge in [-0.05, 0) is 6.42 Å². The zero-order valence-corrected chi connectivity index (χ0v) is 6.48. The summed E-state index contributed by atoms with van der Waals surface area (Å²) >= 11 is 0. The molecule has 12 heavy (non-hydrogen) atoms. The first-order chi connectivity index (χ1) is 5.56. The van der Waals surface area contributed by atoms with Crippen molar-refractivity contribution in [3.8, 4) is 0 Å². The lowest BCUT2D eigenvalue weighted by Gasteiger charge is -2.16. The Morgan fingerprint density at radius 2 is 2.17 bits per heavy atom. The van der Waals surface area contributed by atoms with Gasteiger partial charge in [-0.3, -0.25) is 0 Å². The molecule has 6 nitrogen and oxygen atoms in total. The van der Waals surface area contributed by atoms with Gasteiger partial charge in [-0.2, -0.15) is 0 Å². The molecule has 70 valence electrons. The zero-order chi connectivity index (χ0) is 9.56. The summed E-state index contributed by atoms with van der Waals surface area (Å²) in [7, 11) is 0. The van der Waals surface area contributed by atoms with Crippen molar-refractivity contribution in [2.45, 2.75) is 19.4 Å². The van der Waals surface area contributed by atoms with Crippen molar-refractivity contribution < 1.29 is 29.3 Å². The summed E-state index contributed by atoms with van der Waals surface area (Å²) in [6.45, 7) is 1.32. The average molecular weight is 177 g/mol. The third-order valence-electron chi connectivity index (χ3n) is 1.11. The Bertz CT molecular complexity index is 165. The molecule has 0 heterocycles. The molecule has 0 spiro atoms. The fraction of sp³-hybridized carbons (Fsp3) is 0.667. The number of carbonyl (C=O) groups is 2.